The molecule has 1 aromatic heterocycles. The summed E-state index contributed by atoms with van der Waals surface area (Å²) in [6, 6.07) is 9.12. The number of hydrogen-bond acceptors (Lipinski definition) is 18. The standard InChI is InChI=1S/C37H38O18/c1-50-20-9-14(10-21(51-2)28(20)44)3-8-23(42)55-37-27(43)18(41)13-52-36(37)26-31(47)25(35-33(49)32(48)29(45)22(12-38)54-35)30(46)24-17(40)11-19(53-34(24)26)15-4-6-16(39)7-5-15/h3-11,18,22,27,29,32-33,35-39,41,43-49H,12-13H2,1-2H3/b8-3+/t18-,22+,27-,29-,32-,33+,35-,36-,37+/m0/s1. The lowest BCUT2D eigenvalue weighted by Crippen LogP contribution is -2.55. The Labute approximate surface area is 310 Å². The fraction of sp³-hybridized carbons (Fsp3) is 0.351. The molecule has 10 N–H and O–H groups in total. The fourth-order valence-electron chi connectivity index (χ4n) is 6.57. The van der Waals surface area contributed by atoms with Crippen LogP contribution in [-0.4, -0.2) is 127 Å². The van der Waals surface area contributed by atoms with Crippen LogP contribution in [0.15, 0.2) is 57.8 Å². The first-order chi connectivity index (χ1) is 26.2. The van der Waals surface area contributed by atoms with E-state index in [-0.39, 0.29) is 34.3 Å². The molecule has 0 bridgehead atoms. The summed E-state index contributed by atoms with van der Waals surface area (Å²) in [4.78, 5) is 27.1. The lowest BCUT2D eigenvalue weighted by Gasteiger charge is -2.41. The number of rotatable bonds is 9. The highest BCUT2D eigenvalue weighted by Crippen LogP contribution is 2.51. The fourth-order valence-corrected chi connectivity index (χ4v) is 6.57. The van der Waals surface area contributed by atoms with Gasteiger partial charge in [0.1, 0.15) is 77.2 Å². The van der Waals surface area contributed by atoms with Crippen molar-refractivity contribution in [3.8, 4) is 45.8 Å². The number of aliphatic hydroxyl groups is 6. The van der Waals surface area contributed by atoms with Crippen LogP contribution < -0.4 is 14.9 Å². The van der Waals surface area contributed by atoms with Gasteiger partial charge in [-0.15, -0.1) is 0 Å². The van der Waals surface area contributed by atoms with E-state index in [2.05, 4.69) is 0 Å². The van der Waals surface area contributed by atoms with Crippen molar-refractivity contribution in [2.45, 2.75) is 54.9 Å². The number of aromatic hydroxyl groups is 4. The number of carbonyl (C=O) groups is 1. The zero-order chi connectivity index (χ0) is 39.9. The lowest BCUT2D eigenvalue weighted by atomic mass is 9.85. The molecule has 0 saturated carbocycles. The molecule has 9 atom stereocenters. The average Bonchev–Trinajstić information content (AvgIpc) is 3.16. The van der Waals surface area contributed by atoms with E-state index in [1.807, 2.05) is 0 Å². The second-order valence-electron chi connectivity index (χ2n) is 12.8. The summed E-state index contributed by atoms with van der Waals surface area (Å²) < 4.78 is 33.4. The monoisotopic (exact) mass is 770 g/mol. The van der Waals surface area contributed by atoms with E-state index in [1.165, 1.54) is 56.7 Å². The second kappa shape index (κ2) is 15.7. The predicted octanol–water partition coefficient (Wildman–Crippen LogP) is 0.233. The zero-order valence-electron chi connectivity index (χ0n) is 29.0. The van der Waals surface area contributed by atoms with E-state index in [1.54, 1.807) is 0 Å². The Kier molecular flexibility index (Phi) is 11.2. The molecule has 2 aliphatic rings. The molecule has 2 aliphatic heterocycles. The van der Waals surface area contributed by atoms with Crippen molar-refractivity contribution in [2.75, 3.05) is 27.4 Å². The maximum Gasteiger partial charge on any atom is 0.331 e. The maximum absolute atomic E-state index is 13.8. The Hall–Kier alpha value is -5.44. The topological polar surface area (TPSA) is 296 Å². The molecule has 0 spiro atoms. The van der Waals surface area contributed by atoms with Gasteiger partial charge in [0.15, 0.2) is 28.6 Å². The largest absolute Gasteiger partial charge is 0.508 e. The minimum atomic E-state index is -2.07. The van der Waals surface area contributed by atoms with E-state index in [4.69, 9.17) is 28.1 Å². The Bertz CT molecular complexity index is 2120. The van der Waals surface area contributed by atoms with E-state index >= 15 is 0 Å². The molecule has 294 valence electrons. The zero-order valence-corrected chi connectivity index (χ0v) is 29.0. The third-order valence-electron chi connectivity index (χ3n) is 9.45. The molecule has 4 aromatic rings. The first-order valence-electron chi connectivity index (χ1n) is 16.7. The molecule has 2 fully saturated rings. The Morgan fingerprint density at radius 2 is 1.47 bits per heavy atom. The Balaban J connectivity index is 1.52. The summed E-state index contributed by atoms with van der Waals surface area (Å²) in [5.41, 5.74) is -2.22. The second-order valence-corrected chi connectivity index (χ2v) is 12.8. The molecule has 0 unspecified atom stereocenters. The lowest BCUT2D eigenvalue weighted by molar-refractivity contribution is -0.232. The van der Waals surface area contributed by atoms with Gasteiger partial charge in [-0.25, -0.2) is 4.79 Å². The molecule has 6 rings (SSSR count). The molecule has 0 radical (unpaired) electrons. The van der Waals surface area contributed by atoms with Crippen LogP contribution in [0.4, 0.5) is 0 Å². The number of benzene rings is 3. The quantitative estimate of drug-likeness (QED) is 0.0805. The molecular weight excluding hydrogens is 732 g/mol. The van der Waals surface area contributed by atoms with Gasteiger partial charge in [0.05, 0.1) is 38.6 Å². The average molecular weight is 771 g/mol. The number of fused-ring (bicyclic) bond motifs is 1. The molecule has 0 amide bonds. The number of methoxy groups -OCH3 is 2. The highest BCUT2D eigenvalue weighted by molar-refractivity contribution is 5.92. The summed E-state index contributed by atoms with van der Waals surface area (Å²) in [5.74, 6) is -3.65. The first-order valence-corrected chi connectivity index (χ1v) is 16.7. The van der Waals surface area contributed by atoms with Crippen molar-refractivity contribution in [3.63, 3.8) is 0 Å². The Morgan fingerprint density at radius 3 is 2.09 bits per heavy atom. The van der Waals surface area contributed by atoms with Gasteiger partial charge in [0.2, 0.25) is 5.75 Å². The predicted molar refractivity (Wildman–Crippen MR) is 186 cm³/mol. The van der Waals surface area contributed by atoms with Crippen molar-refractivity contribution < 1.29 is 84.0 Å². The molecule has 18 heteroatoms. The molecule has 0 aliphatic carbocycles. The van der Waals surface area contributed by atoms with Gasteiger partial charge in [-0.1, -0.05) is 0 Å². The third-order valence-corrected chi connectivity index (χ3v) is 9.45. The van der Waals surface area contributed by atoms with Gasteiger partial charge < -0.3 is 79.2 Å². The summed E-state index contributed by atoms with van der Waals surface area (Å²) in [7, 11) is 2.60. The molecule has 2 saturated heterocycles. The van der Waals surface area contributed by atoms with Crippen LogP contribution in [0.3, 0.4) is 0 Å². The van der Waals surface area contributed by atoms with Crippen molar-refractivity contribution in [1.29, 1.82) is 0 Å². The molecule has 18 nitrogen and oxygen atoms in total. The summed E-state index contributed by atoms with van der Waals surface area (Å²) in [5, 5.41) is 107. The Morgan fingerprint density at radius 1 is 0.818 bits per heavy atom. The number of aliphatic hydroxyl groups excluding tert-OH is 6. The first kappa shape index (κ1) is 39.3. The van der Waals surface area contributed by atoms with Crippen molar-refractivity contribution >= 4 is 23.0 Å². The van der Waals surface area contributed by atoms with Gasteiger partial charge in [0, 0.05) is 17.7 Å². The number of phenols is 4. The SMILES string of the molecule is COc1cc(/C=C/C(=O)O[C@@H]2[C@@H](O)[C@@H](O)CO[C@H]2c2c(O)c([C@@H]3O[C@H](CO)[C@H](O)[C@H](O)[C@H]3O)c(O)c3c(=O)cc(-c4ccc(O)cc4)oc23)cc(OC)c1O. The van der Waals surface area contributed by atoms with E-state index in [0.29, 0.717) is 5.56 Å². The van der Waals surface area contributed by atoms with Gasteiger partial charge in [-0.2, -0.15) is 0 Å². The number of phenolic OH excluding ortho intramolecular Hbond substituents is 4. The molecule has 3 heterocycles. The van der Waals surface area contributed by atoms with E-state index in [9.17, 15) is 60.7 Å². The number of ether oxygens (including phenoxy) is 5. The highest BCUT2D eigenvalue weighted by atomic mass is 16.6. The van der Waals surface area contributed by atoms with Crippen LogP contribution in [0.1, 0.15) is 28.9 Å². The smallest absolute Gasteiger partial charge is 0.331 e. The summed E-state index contributed by atoms with van der Waals surface area (Å²) in [6.07, 6.45) is -14.4. The van der Waals surface area contributed by atoms with Gasteiger partial charge in [-0.3, -0.25) is 4.79 Å². The number of carbonyl (C=O) groups excluding carboxylic acids is 1. The third kappa shape index (κ3) is 7.24. The van der Waals surface area contributed by atoms with Crippen LogP contribution in [0.5, 0.6) is 34.5 Å². The van der Waals surface area contributed by atoms with E-state index in [0.717, 1.165) is 12.1 Å². The summed E-state index contributed by atoms with van der Waals surface area (Å²) in [6.45, 7) is -1.51. The van der Waals surface area contributed by atoms with Crippen LogP contribution in [0.25, 0.3) is 28.4 Å². The van der Waals surface area contributed by atoms with Crippen LogP contribution in [0, 0.1) is 0 Å². The van der Waals surface area contributed by atoms with Crippen molar-refractivity contribution in [2.24, 2.45) is 0 Å². The van der Waals surface area contributed by atoms with Gasteiger partial charge in [-0.05, 0) is 48.0 Å². The van der Waals surface area contributed by atoms with Crippen molar-refractivity contribution in [3.05, 3.63) is 75.5 Å². The van der Waals surface area contributed by atoms with E-state index < -0.39 is 113 Å². The maximum atomic E-state index is 13.8. The minimum absolute atomic E-state index is 0.0183. The van der Waals surface area contributed by atoms with Crippen LogP contribution >= 0.6 is 0 Å². The van der Waals surface area contributed by atoms with Gasteiger partial charge >= 0.3 is 5.97 Å². The van der Waals surface area contributed by atoms with Crippen LogP contribution in [0.2, 0.25) is 0 Å². The number of esters is 1. The van der Waals surface area contributed by atoms with Crippen molar-refractivity contribution in [1.82, 2.24) is 0 Å². The number of hydrogen-bond donors (Lipinski definition) is 10. The molecule has 3 aromatic carbocycles. The molecule has 55 heavy (non-hydrogen) atoms. The molecular formula is C37H38O18. The van der Waals surface area contributed by atoms with Crippen LogP contribution in [-0.2, 0) is 19.0 Å². The van der Waals surface area contributed by atoms with Gasteiger partial charge in [0.25, 0.3) is 0 Å². The highest BCUT2D eigenvalue weighted by Gasteiger charge is 2.49. The minimum Gasteiger partial charge on any atom is -0.508 e. The normalized spacial score (nSPS) is 26.9. The summed E-state index contributed by atoms with van der Waals surface area (Å²) >= 11 is 0.